The van der Waals surface area contributed by atoms with E-state index < -0.39 is 34.2 Å². The Morgan fingerprint density at radius 2 is 1.80 bits per heavy atom. The molecule has 0 bridgehead atoms. The first kappa shape index (κ1) is 22.6. The van der Waals surface area contributed by atoms with Gasteiger partial charge in [-0.2, -0.15) is 18.6 Å². The van der Waals surface area contributed by atoms with Crippen LogP contribution in [0.2, 0.25) is 10.0 Å². The van der Waals surface area contributed by atoms with Crippen molar-refractivity contribution >= 4 is 29.1 Å². The average Bonchev–Trinajstić information content (AvgIpc) is 2.65. The molecule has 0 unspecified atom stereocenters. The monoisotopic (exact) mass is 467 g/mol. The highest BCUT2D eigenvalue weighted by Gasteiger charge is 2.33. The fourth-order valence-corrected chi connectivity index (χ4v) is 3.29. The Hall–Kier alpha value is -2.07. The second kappa shape index (κ2) is 8.58. The van der Waals surface area contributed by atoms with Gasteiger partial charge in [-0.1, -0.05) is 23.2 Å². The second-order valence-electron chi connectivity index (χ2n) is 6.91. The summed E-state index contributed by atoms with van der Waals surface area (Å²) in [5, 5.41) is -0.437. The van der Waals surface area contributed by atoms with E-state index in [1.165, 1.54) is 18.2 Å². The molecule has 1 heterocycles. The Bertz CT molecular complexity index is 940. The summed E-state index contributed by atoms with van der Waals surface area (Å²) in [6.07, 6.45) is -4.76. The highest BCUT2D eigenvalue weighted by molar-refractivity contribution is 6.34. The molecule has 3 rings (SSSR count). The molecule has 162 valence electrons. The van der Waals surface area contributed by atoms with Crippen LogP contribution < -0.4 is 10.2 Å². The third-order valence-corrected chi connectivity index (χ3v) is 5.17. The second-order valence-corrected chi connectivity index (χ2v) is 7.72. The molecule has 11 heteroatoms. The molecule has 5 nitrogen and oxygen atoms in total. The number of halogens is 6. The molecule has 30 heavy (non-hydrogen) atoms. The first-order valence-corrected chi connectivity index (χ1v) is 9.53. The van der Waals surface area contributed by atoms with Crippen molar-refractivity contribution in [3.63, 3.8) is 0 Å². The van der Waals surface area contributed by atoms with Crippen molar-refractivity contribution in [1.82, 2.24) is 5.43 Å². The molecule has 2 aromatic carbocycles. The lowest BCUT2D eigenvalue weighted by Crippen LogP contribution is -2.62. The van der Waals surface area contributed by atoms with Crippen LogP contribution in [0.15, 0.2) is 30.3 Å². The number of nitrogens with zero attached hydrogens (tertiary/aromatic N) is 1. The number of rotatable bonds is 4. The van der Waals surface area contributed by atoms with E-state index in [2.05, 4.69) is 5.43 Å². The summed E-state index contributed by atoms with van der Waals surface area (Å²) in [5.74, 6) is -2.39. The van der Waals surface area contributed by atoms with Gasteiger partial charge in [0.1, 0.15) is 18.8 Å². The van der Waals surface area contributed by atoms with Crippen LogP contribution in [0.25, 0.3) is 0 Å². The molecular formula is C19H17Cl2F4N2O3+. The molecule has 1 fully saturated rings. The Kier molecular flexibility index (Phi) is 6.47. The number of likely N-dealkylation sites (N-methyl/N-ethyl adjacent to an activating group) is 1. The van der Waals surface area contributed by atoms with Crippen LogP contribution >= 0.6 is 23.2 Å². The topological polar surface area (TPSA) is 47.6 Å². The number of carbonyl (C=O) groups excluding carboxylic acids is 1. The highest BCUT2D eigenvalue weighted by atomic mass is 35.5. The van der Waals surface area contributed by atoms with E-state index in [9.17, 15) is 22.4 Å². The number of alkyl halides is 3. The lowest BCUT2D eigenvalue weighted by Gasteiger charge is -2.36. The summed E-state index contributed by atoms with van der Waals surface area (Å²) in [6.45, 7) is 2.09. The maximum atomic E-state index is 14.2. The molecule has 1 aliphatic rings. The molecular weight excluding hydrogens is 451 g/mol. The number of ether oxygens (including phenoxy) is 2. The summed E-state index contributed by atoms with van der Waals surface area (Å²) in [7, 11) is 1.83. The van der Waals surface area contributed by atoms with Gasteiger partial charge in [-0.15, -0.1) is 0 Å². The lowest BCUT2D eigenvalue weighted by atomic mass is 10.2. The number of quaternary nitrogens is 1. The van der Waals surface area contributed by atoms with Crippen LogP contribution in [0.4, 0.5) is 17.6 Å². The van der Waals surface area contributed by atoms with Crippen molar-refractivity contribution in [1.29, 1.82) is 0 Å². The fraction of sp³-hybridized carbons (Fsp3) is 0.316. The molecule has 1 N–H and O–H groups in total. The highest BCUT2D eigenvalue weighted by Crippen LogP contribution is 2.39. The Morgan fingerprint density at radius 1 is 1.13 bits per heavy atom. The molecule has 0 radical (unpaired) electrons. The van der Waals surface area contributed by atoms with Crippen molar-refractivity contribution < 1.29 is 36.4 Å². The van der Waals surface area contributed by atoms with Gasteiger partial charge in [0, 0.05) is 0 Å². The Morgan fingerprint density at radius 3 is 2.40 bits per heavy atom. The standard InChI is InChI=1S/C19H16Cl2F4N2O3/c1-27(4-6-29-7-5-27)26-18(28)13-10-12(2-3-14(13)20)30-17-15(21)8-11(9-16(17)22)19(23,24)25/h2-3,8-10H,4-7H2,1H3/p+1. The quantitative estimate of drug-likeness (QED) is 0.504. The van der Waals surface area contributed by atoms with Crippen LogP contribution in [0, 0.1) is 5.82 Å². The molecule has 1 amide bonds. The van der Waals surface area contributed by atoms with Gasteiger partial charge in [0.2, 0.25) is 0 Å². The van der Waals surface area contributed by atoms with Gasteiger partial charge in [0.05, 0.1) is 41.4 Å². The van der Waals surface area contributed by atoms with Crippen molar-refractivity contribution in [2.45, 2.75) is 6.18 Å². The molecule has 0 aromatic heterocycles. The Balaban J connectivity index is 1.84. The molecule has 0 aliphatic carbocycles. The third-order valence-electron chi connectivity index (χ3n) is 4.56. The first-order valence-electron chi connectivity index (χ1n) is 8.77. The Labute approximate surface area is 179 Å². The third kappa shape index (κ3) is 5.15. The number of carbonyl (C=O) groups is 1. The smallest absolute Gasteiger partial charge is 0.416 e. The van der Waals surface area contributed by atoms with Crippen LogP contribution in [-0.2, 0) is 10.9 Å². The van der Waals surface area contributed by atoms with Crippen LogP contribution in [0.1, 0.15) is 15.9 Å². The van der Waals surface area contributed by atoms with Crippen LogP contribution in [0.5, 0.6) is 11.5 Å². The van der Waals surface area contributed by atoms with E-state index in [4.69, 9.17) is 32.7 Å². The molecule has 0 atom stereocenters. The van der Waals surface area contributed by atoms with Crippen molar-refractivity contribution in [3.05, 3.63) is 57.3 Å². The van der Waals surface area contributed by atoms with Gasteiger partial charge in [-0.3, -0.25) is 4.79 Å². The number of hydrogen-bond acceptors (Lipinski definition) is 3. The summed E-state index contributed by atoms with van der Waals surface area (Å²) >= 11 is 11.9. The van der Waals surface area contributed by atoms with Crippen molar-refractivity contribution in [2.24, 2.45) is 0 Å². The van der Waals surface area contributed by atoms with Gasteiger partial charge < -0.3 is 9.47 Å². The maximum absolute atomic E-state index is 14.2. The number of amides is 1. The summed E-state index contributed by atoms with van der Waals surface area (Å²) in [5.41, 5.74) is 1.66. The van der Waals surface area contributed by atoms with Crippen LogP contribution in [0.3, 0.4) is 0 Å². The van der Waals surface area contributed by atoms with Crippen molar-refractivity contribution in [2.75, 3.05) is 33.4 Å². The zero-order valence-corrected chi connectivity index (χ0v) is 17.2. The number of nitrogens with one attached hydrogen (secondary N) is 1. The average molecular weight is 468 g/mol. The normalized spacial score (nSPS) is 16.2. The molecule has 0 spiro atoms. The summed E-state index contributed by atoms with van der Waals surface area (Å²) < 4.78 is 63.4. The van der Waals surface area contributed by atoms with Gasteiger partial charge in [0.25, 0.3) is 5.91 Å². The zero-order chi connectivity index (χ0) is 22.1. The van der Waals surface area contributed by atoms with Gasteiger partial charge in [-0.05, 0) is 30.3 Å². The van der Waals surface area contributed by atoms with E-state index in [-0.39, 0.29) is 27.0 Å². The molecule has 1 aliphatic heterocycles. The zero-order valence-electron chi connectivity index (χ0n) is 15.7. The van der Waals surface area contributed by atoms with Gasteiger partial charge in [-0.25, -0.2) is 8.98 Å². The van der Waals surface area contributed by atoms with Gasteiger partial charge in [0.15, 0.2) is 11.6 Å². The molecule has 0 saturated carbocycles. The summed E-state index contributed by atoms with van der Waals surface area (Å²) in [4.78, 5) is 12.7. The van der Waals surface area contributed by atoms with E-state index in [1.54, 1.807) is 0 Å². The SMILES string of the molecule is C[N+]1(NC(=O)c2cc(Oc3c(F)cc(C(F)(F)F)cc3Cl)ccc2Cl)CCOCC1. The van der Waals surface area contributed by atoms with Gasteiger partial charge >= 0.3 is 6.18 Å². The lowest BCUT2D eigenvalue weighted by molar-refractivity contribution is -0.949. The first-order chi connectivity index (χ1) is 14.0. The fourth-order valence-electron chi connectivity index (χ4n) is 2.84. The minimum Gasteiger partial charge on any atom is -0.453 e. The van der Waals surface area contributed by atoms with E-state index in [0.717, 1.165) is 0 Å². The van der Waals surface area contributed by atoms with E-state index in [0.29, 0.717) is 32.4 Å². The summed E-state index contributed by atoms with van der Waals surface area (Å²) in [6, 6.07) is 4.82. The predicted molar refractivity (Wildman–Crippen MR) is 102 cm³/mol. The number of hydrogen-bond donors (Lipinski definition) is 1. The van der Waals surface area contributed by atoms with Crippen molar-refractivity contribution in [3.8, 4) is 11.5 Å². The van der Waals surface area contributed by atoms with E-state index >= 15 is 0 Å². The number of benzene rings is 2. The minimum absolute atomic E-state index is 0.0188. The molecule has 2 aromatic rings. The maximum Gasteiger partial charge on any atom is 0.416 e. The number of morpholine rings is 1. The minimum atomic E-state index is -4.76. The largest absolute Gasteiger partial charge is 0.453 e. The molecule has 1 saturated heterocycles. The van der Waals surface area contributed by atoms with Crippen LogP contribution in [-0.4, -0.2) is 43.9 Å². The van der Waals surface area contributed by atoms with E-state index in [1.807, 2.05) is 7.05 Å². The predicted octanol–water partition coefficient (Wildman–Crippen LogP) is 5.07.